The van der Waals surface area contributed by atoms with Gasteiger partial charge in [0.25, 0.3) is 0 Å². The van der Waals surface area contributed by atoms with Crippen molar-refractivity contribution >= 4 is 17.1 Å². The maximum atomic E-state index is 5.30. The summed E-state index contributed by atoms with van der Waals surface area (Å²) in [6.45, 7) is 13.2. The standard InChI is InChI=1S/C99H87NO3/c1-10-16-88(58-40-79-31-22-76(23-32-79)28-37-82-52-70-97(101-7)71-53-82)91(19-13-4)61-43-85-46-64-94(65-47-85)100(95-66-48-86(49-67-95)44-62-92(20-14-5)89(17-11-2)59-41-80-33-24-77(25-34-80)29-38-83-54-72-98(102-8)73-55-83)96-68-50-87(51-69-96)45-63-93(21-15-6)90(18-12-3)60-42-81-35-26-78(27-36-81)30-39-84-56-74-99(103-9)75-57-84/h22-27,31-36,46-57,64-75H,10-21H2,1-9H3/b91-88+,92-89+,93-90+. The highest BCUT2D eigenvalue weighted by molar-refractivity contribution is 5.78. The Balaban J connectivity index is 0.998. The third kappa shape index (κ3) is 23.5. The fourth-order valence-corrected chi connectivity index (χ4v) is 11.0. The molecule has 0 aromatic heterocycles. The second-order valence-electron chi connectivity index (χ2n) is 24.5. The summed E-state index contributed by atoms with van der Waals surface area (Å²) in [6, 6.07) is 73.3. The van der Waals surface area contributed by atoms with E-state index in [4.69, 9.17) is 14.2 Å². The van der Waals surface area contributed by atoms with E-state index in [9.17, 15) is 0 Å². The number of benzene rings is 9. The van der Waals surface area contributed by atoms with E-state index >= 15 is 0 Å². The Hall–Kier alpha value is -12.6. The van der Waals surface area contributed by atoms with E-state index in [-0.39, 0.29) is 0 Å². The topological polar surface area (TPSA) is 30.9 Å². The summed E-state index contributed by atoms with van der Waals surface area (Å²) in [5.41, 5.74) is 20.6. The van der Waals surface area contributed by atoms with Crippen LogP contribution in [0.25, 0.3) is 0 Å². The first-order valence-corrected chi connectivity index (χ1v) is 35.8. The van der Waals surface area contributed by atoms with Crippen LogP contribution in [0.4, 0.5) is 17.1 Å². The predicted octanol–water partition coefficient (Wildman–Crippen LogP) is 22.3. The zero-order valence-electron chi connectivity index (χ0n) is 60.9. The molecule has 9 aromatic rings. The first-order chi connectivity index (χ1) is 50.6. The molecule has 9 rings (SSSR count). The number of nitrogens with zero attached hydrogens (tertiary/aromatic N) is 1. The summed E-state index contributed by atoms with van der Waals surface area (Å²) < 4.78 is 15.9. The lowest BCUT2D eigenvalue weighted by atomic mass is 9.99. The minimum absolute atomic E-state index is 0.810. The van der Waals surface area contributed by atoms with Crippen molar-refractivity contribution in [2.45, 2.75) is 119 Å². The minimum Gasteiger partial charge on any atom is -0.497 e. The summed E-state index contributed by atoms with van der Waals surface area (Å²) in [5.74, 6) is 64.4. The quantitative estimate of drug-likeness (QED) is 0.0801. The Morgan fingerprint density at radius 1 is 0.204 bits per heavy atom. The average Bonchev–Trinajstić information content (AvgIpc) is 0.804. The van der Waals surface area contributed by atoms with Gasteiger partial charge in [0.1, 0.15) is 17.2 Å². The van der Waals surface area contributed by atoms with Gasteiger partial charge in [-0.15, -0.1) is 0 Å². The van der Waals surface area contributed by atoms with Crippen LogP contribution in [0.2, 0.25) is 0 Å². The fourth-order valence-electron chi connectivity index (χ4n) is 11.0. The molecule has 0 fully saturated rings. The maximum Gasteiger partial charge on any atom is 0.118 e. The van der Waals surface area contributed by atoms with Crippen LogP contribution < -0.4 is 19.1 Å². The normalized spacial score (nSPS) is 10.8. The second-order valence-corrected chi connectivity index (χ2v) is 24.5. The number of allylic oxidation sites excluding steroid dienone is 6. The molecule has 0 aliphatic carbocycles. The van der Waals surface area contributed by atoms with Crippen LogP contribution in [-0.4, -0.2) is 21.3 Å². The van der Waals surface area contributed by atoms with Crippen molar-refractivity contribution in [2.75, 3.05) is 26.2 Å². The van der Waals surface area contributed by atoms with Crippen LogP contribution in [0.3, 0.4) is 0 Å². The zero-order chi connectivity index (χ0) is 72.2. The van der Waals surface area contributed by atoms with Crippen molar-refractivity contribution in [3.63, 3.8) is 0 Å². The summed E-state index contributed by atoms with van der Waals surface area (Å²) in [4.78, 5) is 2.28. The van der Waals surface area contributed by atoms with Gasteiger partial charge in [-0.2, -0.15) is 0 Å². The van der Waals surface area contributed by atoms with E-state index in [0.717, 1.165) is 212 Å². The highest BCUT2D eigenvalue weighted by atomic mass is 16.5. The summed E-state index contributed by atoms with van der Waals surface area (Å²) >= 11 is 0. The van der Waals surface area contributed by atoms with E-state index in [0.29, 0.717) is 0 Å². The van der Waals surface area contributed by atoms with Crippen molar-refractivity contribution in [2.24, 2.45) is 0 Å². The molecule has 0 heterocycles. The number of ether oxygens (including phenoxy) is 3. The van der Waals surface area contributed by atoms with E-state index in [1.165, 1.54) is 0 Å². The van der Waals surface area contributed by atoms with Crippen molar-refractivity contribution < 1.29 is 14.2 Å². The molecule has 506 valence electrons. The van der Waals surface area contributed by atoms with Gasteiger partial charge >= 0.3 is 0 Å². The molecule has 0 bridgehead atoms. The van der Waals surface area contributed by atoms with Crippen LogP contribution in [0.1, 0.15) is 185 Å². The lowest BCUT2D eigenvalue weighted by Crippen LogP contribution is -2.10. The zero-order valence-corrected chi connectivity index (χ0v) is 60.9. The Morgan fingerprint density at radius 2 is 0.340 bits per heavy atom. The first kappa shape index (κ1) is 74.7. The molecule has 0 N–H and O–H groups in total. The van der Waals surface area contributed by atoms with Gasteiger partial charge in [-0.05, 0) is 257 Å². The molecule has 4 nitrogen and oxygen atoms in total. The van der Waals surface area contributed by atoms with E-state index in [2.05, 4.69) is 226 Å². The summed E-state index contributed by atoms with van der Waals surface area (Å²) in [7, 11) is 4.99. The van der Waals surface area contributed by atoms with Crippen LogP contribution in [0.5, 0.6) is 17.2 Å². The molecule has 0 aliphatic heterocycles. The SMILES string of the molecule is CCC/C(C#Cc1ccc(C#Cc2ccc(OC)cc2)cc1)=C(\C#Cc1ccc(N(c2ccc(C#C/C(CCC)=C(/C#Cc3ccc(C#Cc4ccc(OC)cc4)cc3)CCC)cc2)c2ccc(C#C/C(CCC)=C(/C#Cc3ccc(C#Cc4ccc(OC)cc4)cc3)CCC)cc2)cc1)CCC. The lowest BCUT2D eigenvalue weighted by Gasteiger charge is -2.25. The molecule has 0 atom stereocenters. The Kier molecular flexibility index (Phi) is 29.4. The molecule has 0 spiro atoms. The number of hydrogen-bond donors (Lipinski definition) is 0. The largest absolute Gasteiger partial charge is 0.497 e. The molecule has 0 saturated heterocycles. The monoisotopic (exact) mass is 1340 g/mol. The molecule has 9 aromatic carbocycles. The summed E-state index contributed by atoms with van der Waals surface area (Å²) in [6.07, 6.45) is 10.9. The van der Waals surface area contributed by atoms with E-state index < -0.39 is 0 Å². The minimum atomic E-state index is 0.810. The van der Waals surface area contributed by atoms with Crippen molar-refractivity contribution in [3.8, 4) is 124 Å². The van der Waals surface area contributed by atoms with E-state index in [1.54, 1.807) is 21.3 Å². The molecule has 0 amide bonds. The fraction of sp³-hybridized carbons (Fsp3) is 0.212. The van der Waals surface area contributed by atoms with Gasteiger partial charge in [-0.25, -0.2) is 0 Å². The molecule has 0 aliphatic rings. The van der Waals surface area contributed by atoms with Gasteiger partial charge in [-0.1, -0.05) is 187 Å². The highest BCUT2D eigenvalue weighted by Gasteiger charge is 2.14. The Bertz CT molecular complexity index is 4530. The predicted molar refractivity (Wildman–Crippen MR) is 429 cm³/mol. The van der Waals surface area contributed by atoms with Crippen LogP contribution in [-0.2, 0) is 0 Å². The molecule has 0 saturated carbocycles. The van der Waals surface area contributed by atoms with Crippen molar-refractivity contribution in [1.29, 1.82) is 0 Å². The van der Waals surface area contributed by atoms with Gasteiger partial charge in [0.15, 0.2) is 0 Å². The molecule has 103 heavy (non-hydrogen) atoms. The van der Waals surface area contributed by atoms with Gasteiger partial charge in [0, 0.05) is 117 Å². The number of anilines is 3. The summed E-state index contributed by atoms with van der Waals surface area (Å²) in [5, 5.41) is 0. The van der Waals surface area contributed by atoms with Gasteiger partial charge in [0.05, 0.1) is 21.3 Å². The van der Waals surface area contributed by atoms with Crippen molar-refractivity contribution in [1.82, 2.24) is 0 Å². The van der Waals surface area contributed by atoms with Gasteiger partial charge in [0.2, 0.25) is 0 Å². The third-order valence-corrected chi connectivity index (χ3v) is 16.6. The Morgan fingerprint density at radius 3 is 0.485 bits per heavy atom. The van der Waals surface area contributed by atoms with Gasteiger partial charge < -0.3 is 19.1 Å². The lowest BCUT2D eigenvalue weighted by molar-refractivity contribution is 0.414. The molecular weight excluding hydrogens is 1250 g/mol. The van der Waals surface area contributed by atoms with Crippen LogP contribution in [0, 0.1) is 107 Å². The molecule has 0 radical (unpaired) electrons. The van der Waals surface area contributed by atoms with Crippen LogP contribution >= 0.6 is 0 Å². The van der Waals surface area contributed by atoms with E-state index in [1.807, 2.05) is 146 Å². The number of rotatable bonds is 18. The molecule has 4 heteroatoms. The maximum absolute atomic E-state index is 5.30. The van der Waals surface area contributed by atoms with Crippen LogP contribution in [0.15, 0.2) is 252 Å². The average molecular weight is 1340 g/mol. The van der Waals surface area contributed by atoms with Crippen molar-refractivity contribution in [3.05, 3.63) is 319 Å². The van der Waals surface area contributed by atoms with Gasteiger partial charge in [-0.3, -0.25) is 0 Å². The molecule has 0 unspecified atom stereocenters. The first-order valence-electron chi connectivity index (χ1n) is 35.8. The molecular formula is C99H87NO3. The highest BCUT2D eigenvalue weighted by Crippen LogP contribution is 2.35. The smallest absolute Gasteiger partial charge is 0.118 e. The Labute approximate surface area is 614 Å². The second kappa shape index (κ2) is 40.5. The number of methoxy groups -OCH3 is 3. The number of hydrogen-bond acceptors (Lipinski definition) is 4. The third-order valence-electron chi connectivity index (χ3n) is 16.6.